The predicted molar refractivity (Wildman–Crippen MR) is 60.8 cm³/mol. The summed E-state index contributed by atoms with van der Waals surface area (Å²) in [5.41, 5.74) is 0. The van der Waals surface area contributed by atoms with Crippen molar-refractivity contribution in [3.63, 3.8) is 0 Å². The van der Waals surface area contributed by atoms with Gasteiger partial charge in [0.15, 0.2) is 0 Å². The third kappa shape index (κ3) is 2.96. The van der Waals surface area contributed by atoms with E-state index in [1.807, 2.05) is 24.3 Å². The number of piperidine rings is 1. The number of hydrogen-bond acceptors (Lipinski definition) is 2. The van der Waals surface area contributed by atoms with Crippen molar-refractivity contribution in [3.8, 4) is 5.75 Å². The van der Waals surface area contributed by atoms with Gasteiger partial charge in [-0.2, -0.15) is 0 Å². The lowest BCUT2D eigenvalue weighted by Gasteiger charge is -2.32. The second-order valence-corrected chi connectivity index (χ2v) is 4.05. The van der Waals surface area contributed by atoms with Crippen LogP contribution in [0.3, 0.4) is 0 Å². The Hall–Kier alpha value is -1.02. The third-order valence-corrected chi connectivity index (χ3v) is 2.90. The highest BCUT2D eigenvalue weighted by Crippen LogP contribution is 2.16. The van der Waals surface area contributed by atoms with Crippen LogP contribution in [0.5, 0.6) is 5.75 Å². The van der Waals surface area contributed by atoms with Crippen molar-refractivity contribution in [1.82, 2.24) is 4.90 Å². The Morgan fingerprint density at radius 1 is 1.20 bits per heavy atom. The van der Waals surface area contributed by atoms with Gasteiger partial charge in [0.1, 0.15) is 12.0 Å². The van der Waals surface area contributed by atoms with Gasteiger partial charge in [-0.15, -0.1) is 0 Å². The van der Waals surface area contributed by atoms with Gasteiger partial charge < -0.3 is 4.74 Å². The van der Waals surface area contributed by atoms with Crippen LogP contribution in [0.15, 0.2) is 24.3 Å². The Morgan fingerprint density at radius 2 is 1.87 bits per heavy atom. The molecule has 0 saturated carbocycles. The number of nitrogens with zero attached hydrogens (tertiary/aromatic N) is 1. The van der Waals surface area contributed by atoms with Crippen molar-refractivity contribution in [2.45, 2.75) is 32.4 Å². The fourth-order valence-electron chi connectivity index (χ4n) is 2.00. The Balaban J connectivity index is 1.88. The summed E-state index contributed by atoms with van der Waals surface area (Å²) >= 11 is 0. The topological polar surface area (TPSA) is 12.5 Å². The number of rotatable bonds is 3. The molecule has 0 aromatic heterocycles. The summed E-state index contributed by atoms with van der Waals surface area (Å²) in [5.74, 6) is 0.937. The van der Waals surface area contributed by atoms with Gasteiger partial charge in [0.25, 0.3) is 0 Å². The molecule has 1 heterocycles. The van der Waals surface area contributed by atoms with E-state index in [0.717, 1.165) is 5.75 Å². The maximum Gasteiger partial charge on any atom is 0.149 e. The van der Waals surface area contributed by atoms with Crippen molar-refractivity contribution < 1.29 is 4.74 Å². The van der Waals surface area contributed by atoms with Crippen molar-refractivity contribution >= 4 is 0 Å². The Labute approximate surface area is 91.9 Å². The average molecular weight is 204 g/mol. The zero-order valence-electron chi connectivity index (χ0n) is 9.28. The van der Waals surface area contributed by atoms with E-state index in [1.165, 1.54) is 32.4 Å². The summed E-state index contributed by atoms with van der Waals surface area (Å²) in [7, 11) is 0. The molecule has 1 aromatic carbocycles. The van der Waals surface area contributed by atoms with Crippen LogP contribution in [-0.4, -0.2) is 24.2 Å². The summed E-state index contributed by atoms with van der Waals surface area (Å²) in [4.78, 5) is 2.40. The van der Waals surface area contributed by atoms with Crippen LogP contribution in [0.2, 0.25) is 0 Å². The van der Waals surface area contributed by atoms with Crippen molar-refractivity contribution in [3.05, 3.63) is 30.3 Å². The molecule has 1 fully saturated rings. The minimum Gasteiger partial charge on any atom is -0.475 e. The van der Waals surface area contributed by atoms with Gasteiger partial charge in [0.05, 0.1) is 0 Å². The van der Waals surface area contributed by atoms with E-state index in [-0.39, 0.29) is 6.23 Å². The zero-order valence-corrected chi connectivity index (χ0v) is 9.28. The predicted octanol–water partition coefficient (Wildman–Crippen LogP) is 2.70. The first-order valence-corrected chi connectivity index (χ1v) is 5.73. The first kappa shape index (κ1) is 10.5. The van der Waals surface area contributed by atoms with Crippen molar-refractivity contribution in [1.29, 1.82) is 0 Å². The van der Waals surface area contributed by atoms with Gasteiger partial charge in [0.2, 0.25) is 0 Å². The number of benzene rings is 1. The van der Waals surface area contributed by atoms with E-state index >= 15 is 0 Å². The summed E-state index contributed by atoms with van der Waals surface area (Å²) in [5, 5.41) is 0. The van der Waals surface area contributed by atoms with Gasteiger partial charge in [-0.1, -0.05) is 18.6 Å². The Kier molecular flexibility index (Phi) is 3.62. The fraction of sp³-hybridized carbons (Fsp3) is 0.538. The molecular weight excluding hydrogens is 186 g/mol. The molecule has 2 rings (SSSR count). The molecule has 1 aliphatic heterocycles. The SMILES string of the molecule is CC(Oc1cc[c]cc1)N1CCCCC1. The first-order chi connectivity index (χ1) is 7.36. The lowest BCUT2D eigenvalue weighted by atomic mass is 10.1. The molecule has 81 valence electrons. The monoisotopic (exact) mass is 204 g/mol. The standard InChI is InChI=1S/C13H18NO/c1-12(14-10-6-3-7-11-14)15-13-8-4-2-5-9-13/h4-5,8-9,12H,3,6-7,10-11H2,1H3. The average Bonchev–Trinajstić information content (AvgIpc) is 2.31. The molecule has 1 saturated heterocycles. The van der Waals surface area contributed by atoms with E-state index in [2.05, 4.69) is 17.9 Å². The molecule has 15 heavy (non-hydrogen) atoms. The Bertz CT molecular complexity index is 280. The molecule has 0 aliphatic carbocycles. The van der Waals surface area contributed by atoms with Gasteiger partial charge >= 0.3 is 0 Å². The molecular formula is C13H18NO. The summed E-state index contributed by atoms with van der Waals surface area (Å²) < 4.78 is 5.86. The van der Waals surface area contributed by atoms with Crippen LogP contribution < -0.4 is 4.74 Å². The molecule has 2 heteroatoms. The van der Waals surface area contributed by atoms with E-state index in [4.69, 9.17) is 4.74 Å². The second-order valence-electron chi connectivity index (χ2n) is 4.05. The quantitative estimate of drug-likeness (QED) is 0.750. The molecule has 0 amide bonds. The third-order valence-electron chi connectivity index (χ3n) is 2.90. The van der Waals surface area contributed by atoms with Gasteiger partial charge in [0, 0.05) is 13.1 Å². The molecule has 1 radical (unpaired) electrons. The van der Waals surface area contributed by atoms with E-state index in [0.29, 0.717) is 0 Å². The summed E-state index contributed by atoms with van der Waals surface area (Å²) in [6.45, 7) is 4.46. The highest BCUT2D eigenvalue weighted by Gasteiger charge is 2.17. The molecule has 1 aromatic rings. The van der Waals surface area contributed by atoms with Crippen molar-refractivity contribution in [2.24, 2.45) is 0 Å². The van der Waals surface area contributed by atoms with E-state index < -0.39 is 0 Å². The number of ether oxygens (including phenoxy) is 1. The largest absolute Gasteiger partial charge is 0.475 e. The normalized spacial score (nSPS) is 19.8. The number of hydrogen-bond donors (Lipinski definition) is 0. The molecule has 2 nitrogen and oxygen atoms in total. The van der Waals surface area contributed by atoms with Crippen molar-refractivity contribution in [2.75, 3.05) is 13.1 Å². The van der Waals surface area contributed by atoms with Crippen LogP contribution in [0.4, 0.5) is 0 Å². The molecule has 1 unspecified atom stereocenters. The van der Waals surface area contributed by atoms with Gasteiger partial charge in [-0.3, -0.25) is 4.90 Å². The molecule has 1 atom stereocenters. The maximum absolute atomic E-state index is 5.86. The van der Waals surface area contributed by atoms with Gasteiger partial charge in [-0.25, -0.2) is 0 Å². The van der Waals surface area contributed by atoms with Gasteiger partial charge in [-0.05, 0) is 38.0 Å². The van der Waals surface area contributed by atoms with Crippen LogP contribution in [0.25, 0.3) is 0 Å². The Morgan fingerprint density at radius 3 is 2.53 bits per heavy atom. The van der Waals surface area contributed by atoms with E-state index in [1.54, 1.807) is 0 Å². The summed E-state index contributed by atoms with van der Waals surface area (Å²) in [6, 6.07) is 10.7. The minimum absolute atomic E-state index is 0.188. The minimum atomic E-state index is 0.188. The summed E-state index contributed by atoms with van der Waals surface area (Å²) in [6.07, 6.45) is 4.16. The highest BCUT2D eigenvalue weighted by molar-refractivity contribution is 5.20. The number of likely N-dealkylation sites (tertiary alicyclic amines) is 1. The molecule has 0 spiro atoms. The second kappa shape index (κ2) is 5.17. The first-order valence-electron chi connectivity index (χ1n) is 5.73. The smallest absolute Gasteiger partial charge is 0.149 e. The van der Waals surface area contributed by atoms with Crippen LogP contribution in [-0.2, 0) is 0 Å². The zero-order chi connectivity index (χ0) is 10.5. The molecule has 1 aliphatic rings. The van der Waals surface area contributed by atoms with Crippen LogP contribution >= 0.6 is 0 Å². The lowest BCUT2D eigenvalue weighted by molar-refractivity contribution is 0.0262. The maximum atomic E-state index is 5.86. The highest BCUT2D eigenvalue weighted by atomic mass is 16.5. The van der Waals surface area contributed by atoms with Crippen LogP contribution in [0, 0.1) is 6.07 Å². The fourth-order valence-corrected chi connectivity index (χ4v) is 2.00. The van der Waals surface area contributed by atoms with E-state index in [9.17, 15) is 0 Å². The molecule has 0 bridgehead atoms. The molecule has 0 N–H and O–H groups in total. The lowest BCUT2D eigenvalue weighted by Crippen LogP contribution is -2.40. The van der Waals surface area contributed by atoms with Crippen LogP contribution in [0.1, 0.15) is 26.2 Å².